The normalized spacial score (nSPS) is 11.0. The van der Waals surface area contributed by atoms with Gasteiger partial charge < -0.3 is 30.3 Å². The van der Waals surface area contributed by atoms with Crippen LogP contribution < -0.4 is 5.30 Å². The largest absolute Gasteiger partial charge is 0.748 e. The van der Waals surface area contributed by atoms with Crippen LogP contribution in [0.1, 0.15) is 41.5 Å². The summed E-state index contributed by atoms with van der Waals surface area (Å²) >= 11 is 0. The van der Waals surface area contributed by atoms with Crippen molar-refractivity contribution in [1.82, 2.24) is 0 Å². The van der Waals surface area contributed by atoms with Crippen LogP contribution in [0.2, 0.25) is 0 Å². The molecule has 0 radical (unpaired) electrons. The van der Waals surface area contributed by atoms with Crippen molar-refractivity contribution in [3.63, 3.8) is 0 Å². The molecule has 0 fully saturated rings. The van der Waals surface area contributed by atoms with E-state index in [-0.39, 0.29) is 37.4 Å². The van der Waals surface area contributed by atoms with E-state index in [2.05, 4.69) is 65.8 Å². The van der Waals surface area contributed by atoms with Crippen LogP contribution in [0, 0.1) is 0 Å². The van der Waals surface area contributed by atoms with E-state index in [1.54, 1.807) is 5.30 Å². The Hall–Kier alpha value is -0.0605. The van der Waals surface area contributed by atoms with Crippen LogP contribution in [0.3, 0.4) is 0 Å². The van der Waals surface area contributed by atoms with Crippen molar-refractivity contribution >= 4 is 25.6 Å². The van der Waals surface area contributed by atoms with Gasteiger partial charge in [0, 0.05) is 17.1 Å². The molecule has 0 bridgehead atoms. The molecule has 0 nitrogen and oxygen atoms in total. The van der Waals surface area contributed by atoms with Crippen LogP contribution in [0.5, 0.6) is 0 Å². The molecular weight excluding hydrogens is 338 g/mol. The first kappa shape index (κ1) is 23.2. The molecule has 2 aromatic rings. The Morgan fingerprint density at radius 1 is 0.714 bits per heavy atom. The standard InChI is InChI=1S/C13H22P.C5H5.ClH.Fe/c1-12(2,3)14(13(4,5)6)11-9-7-8-10-11;1-2-4-5-3-1;;/h7-10H,1-6H3;1-5H;1H;/q-1;-5;;. The third-order valence-electron chi connectivity index (χ3n) is 2.80. The van der Waals surface area contributed by atoms with Crippen molar-refractivity contribution in [3.05, 3.63) is 54.6 Å². The number of rotatable bonds is 1. The molecule has 126 valence electrons. The zero-order valence-corrected chi connectivity index (χ0v) is 16.7. The molecule has 2 rings (SSSR count). The molecule has 3 heteroatoms. The van der Waals surface area contributed by atoms with E-state index in [0.717, 1.165) is 0 Å². The van der Waals surface area contributed by atoms with Crippen LogP contribution >= 0.6 is 20.3 Å². The first-order valence-electron chi connectivity index (χ1n) is 6.91. The van der Waals surface area contributed by atoms with Crippen LogP contribution in [0.15, 0.2) is 54.6 Å². The zero-order chi connectivity index (χ0) is 14.5. The maximum atomic E-state index is 2.36. The van der Waals surface area contributed by atoms with Crippen LogP contribution in [-0.4, -0.2) is 10.3 Å². The average Bonchev–Trinajstić information content (AvgIpc) is 2.86. The fourth-order valence-corrected chi connectivity index (χ4v) is 6.65. The van der Waals surface area contributed by atoms with Gasteiger partial charge in [0.15, 0.2) is 0 Å². The first-order valence-corrected chi connectivity index (χ1v) is 8.26. The molecule has 0 unspecified atom stereocenters. The molecular formula is C18H28ClFeP-6. The fraction of sp³-hybridized carbons (Fsp3) is 0.444. The van der Waals surface area contributed by atoms with E-state index in [9.17, 15) is 0 Å². The monoisotopic (exact) mass is 366 g/mol. The molecule has 0 N–H and O–H groups in total. The van der Waals surface area contributed by atoms with Crippen LogP contribution in [0.4, 0.5) is 0 Å². The second-order valence-electron chi connectivity index (χ2n) is 6.78. The van der Waals surface area contributed by atoms with Gasteiger partial charge in [-0.25, -0.2) is 12.1 Å². The molecule has 2 aromatic carbocycles. The molecule has 0 atom stereocenters. The van der Waals surface area contributed by atoms with Crippen molar-refractivity contribution in [1.29, 1.82) is 0 Å². The minimum atomic E-state index is -0.101. The quantitative estimate of drug-likeness (QED) is 0.333. The molecule has 0 heterocycles. The summed E-state index contributed by atoms with van der Waals surface area (Å²) in [5.41, 5.74) is 0. The van der Waals surface area contributed by atoms with Gasteiger partial charge >= 0.3 is 0 Å². The molecule has 0 amide bonds. The molecule has 0 aliphatic heterocycles. The third kappa shape index (κ3) is 8.22. The number of hydrogen-bond acceptors (Lipinski definition) is 0. The first-order chi connectivity index (χ1) is 8.73. The van der Waals surface area contributed by atoms with Crippen molar-refractivity contribution < 1.29 is 17.1 Å². The zero-order valence-electron chi connectivity index (χ0n) is 13.9. The summed E-state index contributed by atoms with van der Waals surface area (Å²) in [4.78, 5) is 0. The Balaban J connectivity index is 0. The van der Waals surface area contributed by atoms with E-state index in [0.29, 0.717) is 10.3 Å². The summed E-state index contributed by atoms with van der Waals surface area (Å²) in [5, 5.41) is 2.32. The topological polar surface area (TPSA) is 0 Å². The predicted octanol–water partition coefficient (Wildman–Crippen LogP) is 5.93. The second kappa shape index (κ2) is 9.86. The van der Waals surface area contributed by atoms with Gasteiger partial charge in [0.05, 0.1) is 0 Å². The second-order valence-corrected chi connectivity index (χ2v) is 10.7. The van der Waals surface area contributed by atoms with Crippen molar-refractivity contribution in [3.8, 4) is 0 Å². The predicted molar refractivity (Wildman–Crippen MR) is 97.4 cm³/mol. The van der Waals surface area contributed by atoms with E-state index in [4.69, 9.17) is 0 Å². The van der Waals surface area contributed by atoms with Gasteiger partial charge in [-0.05, 0) is 10.3 Å². The van der Waals surface area contributed by atoms with Crippen molar-refractivity contribution in [2.75, 3.05) is 0 Å². The molecule has 0 spiro atoms. The van der Waals surface area contributed by atoms with Gasteiger partial charge in [0.25, 0.3) is 0 Å². The summed E-state index contributed by atoms with van der Waals surface area (Å²) in [5.74, 6) is 0. The fourth-order valence-electron chi connectivity index (χ4n) is 2.61. The summed E-state index contributed by atoms with van der Waals surface area (Å²) in [6.45, 7) is 14.1. The van der Waals surface area contributed by atoms with Gasteiger partial charge in [0.1, 0.15) is 0 Å². The molecule has 0 aromatic heterocycles. The Morgan fingerprint density at radius 3 is 1.24 bits per heavy atom. The van der Waals surface area contributed by atoms with Crippen molar-refractivity contribution in [2.45, 2.75) is 51.9 Å². The summed E-state index contributed by atoms with van der Waals surface area (Å²) in [6.07, 6.45) is 0. The van der Waals surface area contributed by atoms with E-state index >= 15 is 0 Å². The maximum absolute atomic E-state index is 2.36. The summed E-state index contributed by atoms with van der Waals surface area (Å²) in [6, 6.07) is 18.9. The average molecular weight is 367 g/mol. The molecule has 0 saturated heterocycles. The van der Waals surface area contributed by atoms with Gasteiger partial charge in [-0.3, -0.25) is 0 Å². The van der Waals surface area contributed by atoms with Crippen LogP contribution in [-0.2, 0) is 17.1 Å². The Labute approximate surface area is 149 Å². The molecule has 0 aliphatic rings. The van der Waals surface area contributed by atoms with Crippen molar-refractivity contribution in [2.24, 2.45) is 0 Å². The summed E-state index contributed by atoms with van der Waals surface area (Å²) < 4.78 is 0. The van der Waals surface area contributed by atoms with Gasteiger partial charge in [-0.15, -0.1) is 25.6 Å². The summed E-state index contributed by atoms with van der Waals surface area (Å²) in [7, 11) is -0.101. The van der Waals surface area contributed by atoms with E-state index < -0.39 is 0 Å². The van der Waals surface area contributed by atoms with E-state index in [1.807, 2.05) is 30.3 Å². The Morgan fingerprint density at radius 2 is 1.00 bits per heavy atom. The molecule has 0 aliphatic carbocycles. The maximum Gasteiger partial charge on any atom is 0 e. The van der Waals surface area contributed by atoms with Gasteiger partial charge in [-0.1, -0.05) is 41.5 Å². The van der Waals surface area contributed by atoms with E-state index in [1.165, 1.54) is 0 Å². The Kier molecular flexibility index (Phi) is 10.9. The van der Waals surface area contributed by atoms with Gasteiger partial charge in [-0.2, -0.15) is 12.1 Å². The SMILES string of the molecule is CC(C)(C)P([c-]1cccc1)C(C)(C)C.Cl.[Fe].[cH-]1[cH-][cH-][cH-][cH-]1. The van der Waals surface area contributed by atoms with Gasteiger partial charge in [0.2, 0.25) is 0 Å². The smallest absolute Gasteiger partial charge is 0 e. The molecule has 21 heavy (non-hydrogen) atoms. The Bertz CT molecular complexity index is 401. The van der Waals surface area contributed by atoms with Crippen LogP contribution in [0.25, 0.3) is 0 Å². The third-order valence-corrected chi connectivity index (χ3v) is 6.30. The number of hydrogen-bond donors (Lipinski definition) is 0. The number of halogens is 1. The minimum absolute atomic E-state index is 0. The molecule has 0 saturated carbocycles. The minimum Gasteiger partial charge on any atom is -0.748 e.